The van der Waals surface area contributed by atoms with Crippen LogP contribution in [0.15, 0.2) is 78.9 Å². The summed E-state index contributed by atoms with van der Waals surface area (Å²) in [7, 11) is -4.33. The SMILES string of the molecule is C.C.CC(C)(C)Nc1cc(COP(=O)(O)OC(C)(C)C)ccc1OC1OC(C(=O)O)C(O)C(O)C1O.CC(C)(C)Nc1ccc(COC(C)(C)C)cc1.CC1C(Oc2ccc(COC(C)(C)C)cc2NC(C)(C)C)OC(C(=O)O)C(O)C1O.CC1C(Oc2ccc(COC(C)(C)C)cc2NC(C)(C)C)OC(CO)C(O)C1O. The van der Waals surface area contributed by atoms with Crippen LogP contribution < -0.4 is 35.5 Å². The number of rotatable bonds is 23. The van der Waals surface area contributed by atoms with Gasteiger partial charge in [-0.1, -0.05) is 59.0 Å². The van der Waals surface area contributed by atoms with Crippen LogP contribution in [-0.2, 0) is 78.1 Å². The maximum absolute atomic E-state index is 12.2. The smallest absolute Gasteiger partial charge is 0.473 e. The predicted molar refractivity (Wildman–Crippen MR) is 432 cm³/mol. The van der Waals surface area contributed by atoms with Crippen molar-refractivity contribution in [3.63, 3.8) is 0 Å². The largest absolute Gasteiger partial charge is 0.479 e. The highest BCUT2D eigenvalue weighted by Gasteiger charge is 2.50. The zero-order valence-corrected chi connectivity index (χ0v) is 70.2. The van der Waals surface area contributed by atoms with Crippen molar-refractivity contribution in [1.82, 2.24) is 0 Å². The normalized spacial score (nSPS) is 25.0. The molecule has 3 aliphatic heterocycles. The van der Waals surface area contributed by atoms with Gasteiger partial charge < -0.3 is 120 Å². The number of ether oxygens (including phenoxy) is 9. The van der Waals surface area contributed by atoms with Crippen molar-refractivity contribution < 1.29 is 122 Å². The van der Waals surface area contributed by atoms with Gasteiger partial charge in [0.25, 0.3) is 0 Å². The van der Waals surface area contributed by atoms with Crippen LogP contribution in [0.4, 0.5) is 22.7 Å². The van der Waals surface area contributed by atoms with E-state index in [2.05, 4.69) is 108 Å². The molecule has 0 saturated carbocycles. The van der Waals surface area contributed by atoms with Crippen LogP contribution in [0.3, 0.4) is 0 Å². The minimum absolute atomic E-state index is 0. The van der Waals surface area contributed by atoms with Crippen LogP contribution in [0.25, 0.3) is 0 Å². The molecular formula is C82H139N4O25P. The molecule has 7 rings (SSSR count). The summed E-state index contributed by atoms with van der Waals surface area (Å²) >= 11 is 0. The van der Waals surface area contributed by atoms with Gasteiger partial charge in [-0.25, -0.2) is 14.2 Å². The predicted octanol–water partition coefficient (Wildman–Crippen LogP) is 12.5. The number of benzene rings is 4. The van der Waals surface area contributed by atoms with Crippen LogP contribution >= 0.6 is 7.82 Å². The van der Waals surface area contributed by atoms with E-state index in [-0.39, 0.29) is 60.6 Å². The summed E-state index contributed by atoms with van der Waals surface area (Å²) < 4.78 is 73.9. The molecule has 16 atom stereocenters. The first kappa shape index (κ1) is 102. The van der Waals surface area contributed by atoms with Crippen LogP contribution in [-0.4, -0.2) is 199 Å². The van der Waals surface area contributed by atoms with Gasteiger partial charge in [-0.05, 0) is 237 Å². The lowest BCUT2D eigenvalue weighted by molar-refractivity contribution is -0.271. The second-order valence-electron chi connectivity index (χ2n) is 36.1. The molecule has 16 unspecified atom stereocenters. The number of phosphoric acid groups is 1. The molecule has 3 fully saturated rings. The van der Waals surface area contributed by atoms with Gasteiger partial charge in [0.15, 0.2) is 12.2 Å². The topological polar surface area (TPSA) is 423 Å². The van der Waals surface area contributed by atoms with E-state index in [1.807, 2.05) is 113 Å². The van der Waals surface area contributed by atoms with Gasteiger partial charge in [0.1, 0.15) is 53.9 Å². The van der Waals surface area contributed by atoms with E-state index in [1.54, 1.807) is 46.8 Å². The summed E-state index contributed by atoms with van der Waals surface area (Å²) in [6, 6.07) is 24.3. The fourth-order valence-corrected chi connectivity index (χ4v) is 11.6. The molecule has 3 heterocycles. The van der Waals surface area contributed by atoms with Crippen LogP contribution in [0.5, 0.6) is 17.2 Å². The Hall–Kier alpha value is -6.03. The average molecular weight is 1610 g/mol. The van der Waals surface area contributed by atoms with E-state index in [9.17, 15) is 70.1 Å². The van der Waals surface area contributed by atoms with E-state index in [1.165, 1.54) is 17.7 Å². The van der Waals surface area contributed by atoms with Crippen molar-refractivity contribution in [1.29, 1.82) is 0 Å². The van der Waals surface area contributed by atoms with E-state index >= 15 is 0 Å². The molecule has 0 bridgehead atoms. The zero-order valence-electron chi connectivity index (χ0n) is 69.3. The first-order valence-electron chi connectivity index (χ1n) is 37.0. The third kappa shape index (κ3) is 36.0. The molecule has 0 aromatic heterocycles. The summed E-state index contributed by atoms with van der Waals surface area (Å²) in [5.74, 6) is -2.84. The minimum atomic E-state index is -4.33. The molecule has 3 saturated heterocycles. The molecule has 30 heteroatoms. The maximum Gasteiger partial charge on any atom is 0.473 e. The molecule has 3 aliphatic rings. The second kappa shape index (κ2) is 41.7. The number of carboxylic acids is 2. The Bertz CT molecular complexity index is 3570. The number of anilines is 4. The Morgan fingerprint density at radius 1 is 0.402 bits per heavy atom. The molecule has 0 aliphatic carbocycles. The summed E-state index contributed by atoms with van der Waals surface area (Å²) in [4.78, 5) is 32.6. The van der Waals surface area contributed by atoms with Crippen LogP contribution in [0.1, 0.15) is 217 Å². The standard InChI is InChI=1S/C22H35NO7.C22H37NO6.C21H34NO11P.C15H25NO.2CH4/c1-12-16(24)17(25)18(19(26)27)30-20(12)29-15-9-8-13(11-28-22(5,6)7)10-14(15)23-21(2,3)4;1-13-18(25)19(26)17(11-24)29-20(13)28-16-9-8-14(12-27-22(5,6)7)10-15(16)23-21(2,3)4;1-20(2,3)22-12-9-11(10-30-34(28,29)33-21(4,5)6)7-8-13(12)31-19-16(25)14(23)15(24)17(32-19)18(26)27;1-14(2,3)16-13-9-7-12(8-10-13)11-17-15(4,5)6;;/h8-10,12,16-18,20,23-25H,11H2,1-7H3,(H,26,27);8-10,13,17-20,23-26H,11-12H2,1-7H3;7-9,14-17,19,22-25H,10H2,1-6H3,(H,26,27)(H,28,29);7-10,16H,11H2,1-6H3;2*1H4. The van der Waals surface area contributed by atoms with Crippen LogP contribution in [0, 0.1) is 11.8 Å². The van der Waals surface area contributed by atoms with Crippen LogP contribution in [0.2, 0.25) is 0 Å². The van der Waals surface area contributed by atoms with Gasteiger partial charge in [0.2, 0.25) is 18.9 Å². The molecule has 4 aromatic rings. The maximum atomic E-state index is 12.2. The highest BCUT2D eigenvalue weighted by molar-refractivity contribution is 7.47. The second-order valence-corrected chi connectivity index (χ2v) is 37.5. The van der Waals surface area contributed by atoms with Gasteiger partial charge in [0, 0.05) is 39.7 Å². The molecule has 642 valence electrons. The Labute approximate surface area is 665 Å². The molecule has 0 spiro atoms. The van der Waals surface area contributed by atoms with Gasteiger partial charge >= 0.3 is 19.8 Å². The number of hydrogen-bond acceptors (Lipinski definition) is 26. The number of nitrogens with one attached hydrogen (secondary N) is 4. The Morgan fingerprint density at radius 2 is 0.714 bits per heavy atom. The molecule has 0 radical (unpaired) electrons. The summed E-state index contributed by atoms with van der Waals surface area (Å²) in [6.07, 6.45) is -18.1. The highest BCUT2D eigenvalue weighted by atomic mass is 31.2. The molecular weight excluding hydrogens is 1470 g/mol. The lowest BCUT2D eigenvalue weighted by atomic mass is 9.92. The lowest BCUT2D eigenvalue weighted by Crippen LogP contribution is -2.61. The van der Waals surface area contributed by atoms with Gasteiger partial charge in [-0.2, -0.15) is 0 Å². The number of aliphatic hydroxyl groups is 8. The van der Waals surface area contributed by atoms with Crippen molar-refractivity contribution in [3.05, 3.63) is 101 Å². The third-order valence-electron chi connectivity index (χ3n) is 15.8. The summed E-state index contributed by atoms with van der Waals surface area (Å²) in [5.41, 5.74) is 4.31. The van der Waals surface area contributed by atoms with E-state index in [0.717, 1.165) is 22.5 Å². The van der Waals surface area contributed by atoms with Gasteiger partial charge in [0.05, 0.1) is 84.7 Å². The summed E-state index contributed by atoms with van der Waals surface area (Å²) in [6.45, 7) is 51.6. The van der Waals surface area contributed by atoms with Crippen molar-refractivity contribution in [2.75, 3.05) is 27.9 Å². The highest BCUT2D eigenvalue weighted by Crippen LogP contribution is 2.48. The quantitative estimate of drug-likeness (QED) is 0.0307. The Morgan fingerprint density at radius 3 is 1.05 bits per heavy atom. The van der Waals surface area contributed by atoms with E-state index < -0.39 is 129 Å². The fourth-order valence-electron chi connectivity index (χ4n) is 10.6. The number of hydrogen-bond donors (Lipinski definition) is 15. The molecule has 29 nitrogen and oxygen atoms in total. The number of carboxylic acid groups (broad SMARTS) is 2. The molecule has 0 amide bonds. The van der Waals surface area contributed by atoms with E-state index in [0.29, 0.717) is 48.3 Å². The molecule has 15 N–H and O–H groups in total. The van der Waals surface area contributed by atoms with Crippen molar-refractivity contribution in [3.8, 4) is 17.2 Å². The third-order valence-corrected chi connectivity index (χ3v) is 17.0. The number of aliphatic carboxylic acids is 2. The zero-order chi connectivity index (χ0) is 84.0. The van der Waals surface area contributed by atoms with Crippen molar-refractivity contribution in [2.45, 2.75) is 346 Å². The molecule has 112 heavy (non-hydrogen) atoms. The number of aliphatic hydroxyl groups excluding tert-OH is 8. The number of carbonyl (C=O) groups is 2. The number of phosphoric ester groups is 1. The van der Waals surface area contributed by atoms with Gasteiger partial charge in [-0.3, -0.25) is 9.05 Å². The lowest BCUT2D eigenvalue weighted by Gasteiger charge is -2.41. The summed E-state index contributed by atoms with van der Waals surface area (Å²) in [5, 5.41) is 112. The Balaban J connectivity index is 0.000000515. The first-order chi connectivity index (χ1) is 50.0. The van der Waals surface area contributed by atoms with E-state index in [4.69, 9.17) is 51.7 Å². The molecule has 4 aromatic carbocycles. The van der Waals surface area contributed by atoms with Crippen molar-refractivity contribution >= 4 is 42.5 Å². The monoisotopic (exact) mass is 1610 g/mol. The van der Waals surface area contributed by atoms with Crippen molar-refractivity contribution in [2.24, 2.45) is 11.8 Å². The average Bonchev–Trinajstić information content (AvgIpc) is 0.808. The minimum Gasteiger partial charge on any atom is -0.479 e. The fraction of sp³-hybridized carbons (Fsp3) is 0.683. The Kier molecular flexibility index (Phi) is 38.0. The van der Waals surface area contributed by atoms with Gasteiger partial charge in [-0.15, -0.1) is 0 Å². The first-order valence-corrected chi connectivity index (χ1v) is 38.5.